The smallest absolute Gasteiger partial charge is 0.410 e. The van der Waals surface area contributed by atoms with Crippen LogP contribution in [0.5, 0.6) is 5.88 Å². The summed E-state index contributed by atoms with van der Waals surface area (Å²) in [6, 6.07) is 1.81. The Morgan fingerprint density at radius 1 is 1.24 bits per heavy atom. The lowest BCUT2D eigenvalue weighted by Crippen LogP contribution is -2.44. The summed E-state index contributed by atoms with van der Waals surface area (Å²) in [5.41, 5.74) is 0.757. The standard InChI is InChI=1S/C25H32N4O5/c1-25(2,3)34-24(30)28-11-9-20(10-12-28)33-22-15-21(26-18-27-22)29(23-17-31-13-14-32-23)16-19-7-5-4-6-8-19/h4-5,7,13-15,17-18,20H,6,8-12,16H2,1-3H3. The monoisotopic (exact) mass is 468 g/mol. The van der Waals surface area contributed by atoms with Crippen LogP contribution in [0.25, 0.3) is 0 Å². The molecule has 0 spiro atoms. The van der Waals surface area contributed by atoms with E-state index >= 15 is 0 Å². The van der Waals surface area contributed by atoms with Gasteiger partial charge in [0, 0.05) is 38.5 Å². The topological polar surface area (TPSA) is 86.2 Å². The van der Waals surface area contributed by atoms with E-state index in [4.69, 9.17) is 18.9 Å². The Labute approximate surface area is 200 Å². The molecule has 0 N–H and O–H groups in total. The molecule has 1 aromatic rings. The molecule has 3 heterocycles. The predicted octanol–water partition coefficient (Wildman–Crippen LogP) is 4.65. The second-order valence-corrected chi connectivity index (χ2v) is 9.36. The number of allylic oxidation sites excluding steroid dienone is 3. The van der Waals surface area contributed by atoms with Gasteiger partial charge in [0.2, 0.25) is 11.8 Å². The highest BCUT2D eigenvalue weighted by Gasteiger charge is 2.28. The van der Waals surface area contributed by atoms with E-state index in [9.17, 15) is 4.79 Å². The van der Waals surface area contributed by atoms with Crippen molar-refractivity contribution in [1.82, 2.24) is 14.9 Å². The van der Waals surface area contributed by atoms with Gasteiger partial charge in [-0.2, -0.15) is 0 Å². The lowest BCUT2D eigenvalue weighted by molar-refractivity contribution is 0.0123. The predicted molar refractivity (Wildman–Crippen MR) is 127 cm³/mol. The minimum atomic E-state index is -0.504. The fourth-order valence-electron chi connectivity index (χ4n) is 3.84. The number of nitrogens with zero attached hydrogens (tertiary/aromatic N) is 4. The molecule has 182 valence electrons. The zero-order valence-electron chi connectivity index (χ0n) is 20.0. The summed E-state index contributed by atoms with van der Waals surface area (Å²) in [6.45, 7) is 7.38. The molecule has 2 aliphatic heterocycles. The summed E-state index contributed by atoms with van der Waals surface area (Å²) < 4.78 is 22.6. The van der Waals surface area contributed by atoms with Crippen LogP contribution in [0.3, 0.4) is 0 Å². The van der Waals surface area contributed by atoms with Crippen molar-refractivity contribution in [2.45, 2.75) is 58.2 Å². The van der Waals surface area contributed by atoms with Gasteiger partial charge in [0.1, 0.15) is 36.4 Å². The van der Waals surface area contributed by atoms with Gasteiger partial charge in [-0.05, 0) is 33.6 Å². The Morgan fingerprint density at radius 2 is 2.06 bits per heavy atom. The van der Waals surface area contributed by atoms with Gasteiger partial charge in [0.05, 0.1) is 0 Å². The number of carbonyl (C=O) groups is 1. The van der Waals surface area contributed by atoms with Crippen LogP contribution >= 0.6 is 0 Å². The zero-order valence-corrected chi connectivity index (χ0v) is 20.0. The van der Waals surface area contributed by atoms with Crippen LogP contribution < -0.4 is 9.64 Å². The number of rotatable bonds is 6. The molecule has 1 aromatic heterocycles. The van der Waals surface area contributed by atoms with E-state index in [0.29, 0.717) is 50.1 Å². The molecule has 1 fully saturated rings. The highest BCUT2D eigenvalue weighted by molar-refractivity contribution is 5.68. The molecule has 0 radical (unpaired) electrons. The molecule has 1 aliphatic carbocycles. The average molecular weight is 469 g/mol. The second-order valence-electron chi connectivity index (χ2n) is 9.36. The third-order valence-electron chi connectivity index (χ3n) is 5.50. The summed E-state index contributed by atoms with van der Waals surface area (Å²) in [7, 11) is 0. The molecule has 0 bridgehead atoms. The van der Waals surface area contributed by atoms with Crippen LogP contribution in [0.1, 0.15) is 46.5 Å². The van der Waals surface area contributed by atoms with E-state index in [2.05, 4.69) is 28.2 Å². The number of ether oxygens (including phenoxy) is 4. The molecule has 4 rings (SSSR count). The molecule has 0 saturated carbocycles. The first-order chi connectivity index (χ1) is 16.4. The van der Waals surface area contributed by atoms with Gasteiger partial charge in [0.25, 0.3) is 0 Å². The van der Waals surface area contributed by atoms with Crippen molar-refractivity contribution in [3.63, 3.8) is 0 Å². The van der Waals surface area contributed by atoms with Crippen molar-refractivity contribution in [2.24, 2.45) is 0 Å². The minimum Gasteiger partial charge on any atom is -0.474 e. The highest BCUT2D eigenvalue weighted by atomic mass is 16.6. The molecule has 0 aromatic carbocycles. The third-order valence-corrected chi connectivity index (χ3v) is 5.50. The Morgan fingerprint density at radius 3 is 2.74 bits per heavy atom. The first-order valence-corrected chi connectivity index (χ1v) is 11.6. The van der Waals surface area contributed by atoms with Crippen LogP contribution in [0.15, 0.2) is 60.9 Å². The summed E-state index contributed by atoms with van der Waals surface area (Å²) in [5, 5.41) is 0. The van der Waals surface area contributed by atoms with Gasteiger partial charge in [-0.1, -0.05) is 23.8 Å². The lowest BCUT2D eigenvalue weighted by Gasteiger charge is -2.33. The fourth-order valence-corrected chi connectivity index (χ4v) is 3.84. The minimum absolute atomic E-state index is 0.0440. The fraction of sp³-hybridized carbons (Fsp3) is 0.480. The molecular formula is C25H32N4O5. The molecule has 34 heavy (non-hydrogen) atoms. The molecule has 1 saturated heterocycles. The van der Waals surface area contributed by atoms with Crippen molar-refractivity contribution in [3.05, 3.63) is 60.9 Å². The number of hydrogen-bond donors (Lipinski definition) is 0. The number of hydrogen-bond acceptors (Lipinski definition) is 8. The lowest BCUT2D eigenvalue weighted by atomic mass is 10.0. The number of aromatic nitrogens is 2. The maximum absolute atomic E-state index is 12.3. The van der Waals surface area contributed by atoms with Crippen molar-refractivity contribution in [3.8, 4) is 5.88 Å². The molecular weight excluding hydrogens is 436 g/mol. The van der Waals surface area contributed by atoms with Gasteiger partial charge < -0.3 is 23.8 Å². The van der Waals surface area contributed by atoms with E-state index < -0.39 is 5.60 Å². The summed E-state index contributed by atoms with van der Waals surface area (Å²) in [5.74, 6) is 1.67. The van der Waals surface area contributed by atoms with Gasteiger partial charge in [-0.15, -0.1) is 0 Å². The number of anilines is 1. The molecule has 0 unspecified atom stereocenters. The van der Waals surface area contributed by atoms with Crippen molar-refractivity contribution in [2.75, 3.05) is 24.5 Å². The maximum Gasteiger partial charge on any atom is 0.410 e. The van der Waals surface area contributed by atoms with E-state index in [-0.39, 0.29) is 12.2 Å². The molecule has 0 atom stereocenters. The van der Waals surface area contributed by atoms with Crippen LogP contribution in [0.4, 0.5) is 10.6 Å². The summed E-state index contributed by atoms with van der Waals surface area (Å²) in [6.07, 6.45) is 15.4. The number of amides is 1. The Balaban J connectivity index is 1.41. The number of piperidine rings is 1. The molecule has 9 heteroatoms. The van der Waals surface area contributed by atoms with Crippen LogP contribution in [-0.2, 0) is 14.2 Å². The largest absolute Gasteiger partial charge is 0.474 e. The molecule has 9 nitrogen and oxygen atoms in total. The third kappa shape index (κ3) is 6.52. The highest BCUT2D eigenvalue weighted by Crippen LogP contribution is 2.27. The quantitative estimate of drug-likeness (QED) is 0.596. The molecule has 1 amide bonds. The zero-order chi connectivity index (χ0) is 24.0. The summed E-state index contributed by atoms with van der Waals surface area (Å²) in [4.78, 5) is 24.8. The number of likely N-dealkylation sites (tertiary alicyclic amines) is 1. The van der Waals surface area contributed by atoms with Crippen LogP contribution in [-0.4, -0.2) is 52.3 Å². The second kappa shape index (κ2) is 10.6. The normalized spacial score (nSPS) is 18.4. The van der Waals surface area contributed by atoms with Gasteiger partial charge in [0.15, 0.2) is 6.26 Å². The van der Waals surface area contributed by atoms with Crippen LogP contribution in [0.2, 0.25) is 0 Å². The first-order valence-electron chi connectivity index (χ1n) is 11.6. The van der Waals surface area contributed by atoms with E-state index in [0.717, 1.165) is 12.8 Å². The van der Waals surface area contributed by atoms with Gasteiger partial charge in [-0.3, -0.25) is 4.90 Å². The number of carbonyl (C=O) groups excluding carboxylic acids is 1. The Hall–Kier alpha value is -3.49. The maximum atomic E-state index is 12.3. The molecule has 3 aliphatic rings. The van der Waals surface area contributed by atoms with E-state index in [1.54, 1.807) is 11.2 Å². The van der Waals surface area contributed by atoms with Gasteiger partial charge >= 0.3 is 6.09 Å². The SMILES string of the molecule is CC(C)(C)OC(=O)N1CCC(Oc2cc(N(CC3=CC=CCC3)C3=COC=CO3)ncn2)CC1. The van der Waals surface area contributed by atoms with Gasteiger partial charge in [-0.25, -0.2) is 14.8 Å². The summed E-state index contributed by atoms with van der Waals surface area (Å²) >= 11 is 0. The van der Waals surface area contributed by atoms with E-state index in [1.807, 2.05) is 31.7 Å². The van der Waals surface area contributed by atoms with Crippen molar-refractivity contribution >= 4 is 11.9 Å². The van der Waals surface area contributed by atoms with E-state index in [1.165, 1.54) is 24.4 Å². The van der Waals surface area contributed by atoms with Crippen molar-refractivity contribution < 1.29 is 23.7 Å². The first kappa shape index (κ1) is 23.7. The Bertz CT molecular complexity index is 987. The van der Waals surface area contributed by atoms with Crippen molar-refractivity contribution in [1.29, 1.82) is 0 Å². The Kier molecular flexibility index (Phi) is 7.40. The van der Waals surface area contributed by atoms with Crippen LogP contribution in [0, 0.1) is 0 Å². The average Bonchev–Trinajstić information content (AvgIpc) is 2.83.